The van der Waals surface area contributed by atoms with E-state index in [1.165, 1.54) is 43.4 Å². The fraction of sp³-hybridized carbons (Fsp3) is 0.188. The smallest absolute Gasteiger partial charge is 0.357 e. The van der Waals surface area contributed by atoms with Crippen molar-refractivity contribution in [3.63, 3.8) is 0 Å². The lowest BCUT2D eigenvalue weighted by Crippen LogP contribution is -2.32. The van der Waals surface area contributed by atoms with Gasteiger partial charge in [0.2, 0.25) is 15.9 Å². The molecular formula is C16H19N3O6S2. The van der Waals surface area contributed by atoms with Crippen LogP contribution >= 0.6 is 0 Å². The van der Waals surface area contributed by atoms with Crippen LogP contribution in [0.2, 0.25) is 0 Å². The van der Waals surface area contributed by atoms with E-state index in [1.54, 1.807) is 18.2 Å². The monoisotopic (exact) mass is 413 g/mol. The molecule has 2 aromatic rings. The summed E-state index contributed by atoms with van der Waals surface area (Å²) in [6, 6.07) is 12.4. The summed E-state index contributed by atoms with van der Waals surface area (Å²) in [4.78, 5) is 11.9. The molecule has 0 saturated carbocycles. The fourth-order valence-electron chi connectivity index (χ4n) is 2.30. The third-order valence-electron chi connectivity index (χ3n) is 3.58. The summed E-state index contributed by atoms with van der Waals surface area (Å²) in [5, 5.41) is 2.43. The number of hydrogen-bond acceptors (Lipinski definition) is 5. The van der Waals surface area contributed by atoms with Gasteiger partial charge in [-0.25, -0.2) is 13.1 Å². The van der Waals surface area contributed by atoms with Gasteiger partial charge in [-0.3, -0.25) is 14.1 Å². The molecule has 4 N–H and O–H groups in total. The minimum absolute atomic E-state index is 0.0524. The molecule has 27 heavy (non-hydrogen) atoms. The summed E-state index contributed by atoms with van der Waals surface area (Å²) in [7, 11) is -6.87. The predicted octanol–water partition coefficient (Wildman–Crippen LogP) is 1.06. The van der Waals surface area contributed by atoms with Crippen molar-refractivity contribution in [2.75, 3.05) is 11.8 Å². The Kier molecular flexibility index (Phi) is 6.54. The van der Waals surface area contributed by atoms with Gasteiger partial charge in [-0.1, -0.05) is 30.3 Å². The Bertz CT molecular complexity index is 990. The van der Waals surface area contributed by atoms with Crippen molar-refractivity contribution >= 4 is 31.9 Å². The lowest BCUT2D eigenvalue weighted by atomic mass is 10.0. The van der Waals surface area contributed by atoms with Crippen LogP contribution in [0.5, 0.6) is 0 Å². The molecule has 2 aromatic carbocycles. The molecule has 0 bridgehead atoms. The lowest BCUT2D eigenvalue weighted by molar-refractivity contribution is -0.121. The number of carbonyl (C=O) groups excluding carboxylic acids is 1. The van der Waals surface area contributed by atoms with Gasteiger partial charge < -0.3 is 5.32 Å². The second-order valence-electron chi connectivity index (χ2n) is 5.56. The van der Waals surface area contributed by atoms with Crippen molar-refractivity contribution in [2.24, 2.45) is 0 Å². The number of nitrogens with one attached hydrogen (secondary N) is 3. The van der Waals surface area contributed by atoms with E-state index >= 15 is 0 Å². The van der Waals surface area contributed by atoms with Crippen LogP contribution in [0.25, 0.3) is 0 Å². The molecule has 2 rings (SSSR count). The van der Waals surface area contributed by atoms with E-state index in [-0.39, 0.29) is 22.9 Å². The molecule has 0 saturated heterocycles. The topological polar surface area (TPSA) is 142 Å². The molecule has 0 fully saturated rings. The van der Waals surface area contributed by atoms with Crippen LogP contribution in [0.4, 0.5) is 5.69 Å². The summed E-state index contributed by atoms with van der Waals surface area (Å²) in [5.74, 6) is -0.379. The lowest BCUT2D eigenvalue weighted by Gasteiger charge is -2.19. The highest BCUT2D eigenvalue weighted by Crippen LogP contribution is 2.22. The molecule has 0 radical (unpaired) electrons. The third kappa shape index (κ3) is 6.32. The average molecular weight is 413 g/mol. The van der Waals surface area contributed by atoms with Gasteiger partial charge in [-0.15, -0.1) is 0 Å². The quantitative estimate of drug-likeness (QED) is 0.477. The number of carbonyl (C=O) groups is 1. The number of benzene rings is 2. The van der Waals surface area contributed by atoms with Crippen molar-refractivity contribution in [1.82, 2.24) is 10.0 Å². The SMILES string of the molecule is CNC(=O)CC(NS(=O)(=O)c1ccccc1)c1ccc(NS(=O)(=O)O)cc1. The molecule has 1 atom stereocenters. The zero-order valence-electron chi connectivity index (χ0n) is 14.3. The molecule has 11 heteroatoms. The largest absolute Gasteiger partial charge is 0.359 e. The van der Waals surface area contributed by atoms with Crippen LogP contribution < -0.4 is 14.8 Å². The molecule has 0 aliphatic rings. The van der Waals surface area contributed by atoms with Gasteiger partial charge in [-0.05, 0) is 29.8 Å². The molecule has 0 spiro atoms. The third-order valence-corrected chi connectivity index (χ3v) is 5.56. The molecule has 0 heterocycles. The summed E-state index contributed by atoms with van der Waals surface area (Å²) in [5.41, 5.74) is 0.532. The highest BCUT2D eigenvalue weighted by Gasteiger charge is 2.23. The van der Waals surface area contributed by atoms with Gasteiger partial charge in [0, 0.05) is 13.5 Å². The first-order chi connectivity index (χ1) is 12.6. The van der Waals surface area contributed by atoms with Crippen molar-refractivity contribution in [3.05, 3.63) is 60.2 Å². The normalized spacial score (nSPS) is 13.0. The zero-order chi connectivity index (χ0) is 20.1. The van der Waals surface area contributed by atoms with Gasteiger partial charge in [-0.2, -0.15) is 8.42 Å². The molecule has 0 aliphatic carbocycles. The van der Waals surface area contributed by atoms with Crippen molar-refractivity contribution in [3.8, 4) is 0 Å². The summed E-state index contributed by atoms with van der Waals surface area (Å²) < 4.78 is 60.0. The second kappa shape index (κ2) is 8.48. The Morgan fingerprint density at radius 2 is 1.59 bits per heavy atom. The van der Waals surface area contributed by atoms with Crippen LogP contribution in [-0.2, 0) is 25.1 Å². The van der Waals surface area contributed by atoms with E-state index in [9.17, 15) is 21.6 Å². The highest BCUT2D eigenvalue weighted by atomic mass is 32.2. The predicted molar refractivity (Wildman–Crippen MR) is 99.8 cm³/mol. The van der Waals surface area contributed by atoms with Crippen molar-refractivity contribution < 1.29 is 26.2 Å². The molecule has 0 aromatic heterocycles. The maximum Gasteiger partial charge on any atom is 0.357 e. The molecule has 1 unspecified atom stereocenters. The van der Waals surface area contributed by atoms with E-state index in [2.05, 4.69) is 10.0 Å². The summed E-state index contributed by atoms with van der Waals surface area (Å²) in [6.07, 6.45) is -0.159. The highest BCUT2D eigenvalue weighted by molar-refractivity contribution is 7.89. The van der Waals surface area contributed by atoms with Gasteiger partial charge in [0.15, 0.2) is 0 Å². The van der Waals surface area contributed by atoms with E-state index in [4.69, 9.17) is 4.55 Å². The van der Waals surface area contributed by atoms with Crippen molar-refractivity contribution in [2.45, 2.75) is 17.4 Å². The zero-order valence-corrected chi connectivity index (χ0v) is 15.9. The second-order valence-corrected chi connectivity index (χ2v) is 8.43. The fourth-order valence-corrected chi connectivity index (χ4v) is 3.98. The summed E-state index contributed by atoms with van der Waals surface area (Å²) >= 11 is 0. The van der Waals surface area contributed by atoms with Gasteiger partial charge in [0.25, 0.3) is 0 Å². The van der Waals surface area contributed by atoms with Crippen molar-refractivity contribution in [1.29, 1.82) is 0 Å². The number of sulfonamides is 1. The van der Waals surface area contributed by atoms with E-state index < -0.39 is 26.4 Å². The molecule has 1 amide bonds. The number of rotatable bonds is 8. The Balaban J connectivity index is 2.30. The van der Waals surface area contributed by atoms with E-state index in [0.717, 1.165) is 0 Å². The van der Waals surface area contributed by atoms with Gasteiger partial charge >= 0.3 is 10.3 Å². The maximum absolute atomic E-state index is 12.6. The van der Waals surface area contributed by atoms with Gasteiger partial charge in [0.05, 0.1) is 16.6 Å². The maximum atomic E-state index is 12.6. The molecule has 0 aliphatic heterocycles. The van der Waals surface area contributed by atoms with Crippen LogP contribution in [0.15, 0.2) is 59.5 Å². The Hall–Kier alpha value is -2.47. The first kappa shape index (κ1) is 20.8. The van der Waals surface area contributed by atoms with E-state index in [0.29, 0.717) is 5.56 Å². The van der Waals surface area contributed by atoms with Crippen LogP contribution in [0, 0.1) is 0 Å². The van der Waals surface area contributed by atoms with E-state index in [1.807, 2.05) is 4.72 Å². The first-order valence-electron chi connectivity index (χ1n) is 7.74. The Morgan fingerprint density at radius 3 is 2.11 bits per heavy atom. The number of hydrogen-bond donors (Lipinski definition) is 4. The Morgan fingerprint density at radius 1 is 1.00 bits per heavy atom. The number of anilines is 1. The minimum Gasteiger partial charge on any atom is -0.359 e. The molecule has 9 nitrogen and oxygen atoms in total. The molecular weight excluding hydrogens is 394 g/mol. The van der Waals surface area contributed by atoms with Gasteiger partial charge in [0.1, 0.15) is 0 Å². The molecule has 146 valence electrons. The average Bonchev–Trinajstić information content (AvgIpc) is 2.61. The van der Waals surface area contributed by atoms with Crippen LogP contribution in [0.1, 0.15) is 18.0 Å². The Labute approximate surface area is 157 Å². The summed E-state index contributed by atoms with van der Waals surface area (Å²) in [6.45, 7) is 0. The van der Waals surface area contributed by atoms with Crippen LogP contribution in [-0.4, -0.2) is 34.3 Å². The number of amides is 1. The standard InChI is InChI=1S/C16H19N3O6S2/c1-17-16(20)11-15(19-26(21,22)14-5-3-2-4-6-14)12-7-9-13(10-8-12)18-27(23,24)25/h2-10,15,18-19H,11H2,1H3,(H,17,20)(H,23,24,25). The minimum atomic E-state index is -4.42. The van der Waals surface area contributed by atoms with Crippen LogP contribution in [0.3, 0.4) is 0 Å². The first-order valence-corrected chi connectivity index (χ1v) is 10.7.